The van der Waals surface area contributed by atoms with Crippen LogP contribution in [0.15, 0.2) is 212 Å². The fourth-order valence-corrected chi connectivity index (χ4v) is 9.25. The van der Waals surface area contributed by atoms with Crippen molar-refractivity contribution in [3.63, 3.8) is 0 Å². The van der Waals surface area contributed by atoms with Gasteiger partial charge in [-0.25, -0.2) is 0 Å². The largest absolute Gasteiger partial charge is 0.309 e. The van der Waals surface area contributed by atoms with E-state index >= 15 is 0 Å². The third kappa shape index (κ3) is 5.50. The van der Waals surface area contributed by atoms with Gasteiger partial charge in [-0.15, -0.1) is 0 Å². The zero-order valence-corrected chi connectivity index (χ0v) is 33.0. The number of benzene rings is 9. The summed E-state index contributed by atoms with van der Waals surface area (Å²) in [6.07, 6.45) is 0. The Morgan fingerprint density at radius 2 is 0.458 bits per heavy atom. The molecule has 12 aromatic rings. The van der Waals surface area contributed by atoms with Crippen molar-refractivity contribution in [1.29, 1.82) is 0 Å². The summed E-state index contributed by atoms with van der Waals surface area (Å²) in [6, 6.07) is 77.4. The lowest BCUT2D eigenvalue weighted by Crippen LogP contribution is -1.93. The summed E-state index contributed by atoms with van der Waals surface area (Å²) in [5.74, 6) is 0. The van der Waals surface area contributed by atoms with Crippen LogP contribution in [0, 0.1) is 0 Å². The number of nitrogens with zero attached hydrogens (tertiary/aromatic N) is 3. The van der Waals surface area contributed by atoms with Gasteiger partial charge in [-0.1, -0.05) is 129 Å². The SMILES string of the molecule is CC.c1ccc(-n2c3ccccc3c3cc(-c4ccc5c(c4)c4cc(-c6ccc7c(c6)c6ccccc6n7-c6ccccc6)ccc4n5-c4ccccc4)ccc32)cc1. The smallest absolute Gasteiger partial charge is 0.0541 e. The highest BCUT2D eigenvalue weighted by molar-refractivity contribution is 6.14. The molecule has 3 heterocycles. The van der Waals surface area contributed by atoms with Gasteiger partial charge in [0.1, 0.15) is 0 Å². The number of hydrogen-bond acceptors (Lipinski definition) is 0. The Hall–Kier alpha value is -7.62. The molecule has 0 aliphatic carbocycles. The van der Waals surface area contributed by atoms with Gasteiger partial charge in [0.2, 0.25) is 0 Å². The van der Waals surface area contributed by atoms with Crippen LogP contribution in [0.5, 0.6) is 0 Å². The van der Waals surface area contributed by atoms with E-state index in [1.54, 1.807) is 0 Å². The van der Waals surface area contributed by atoms with Crippen LogP contribution in [0.1, 0.15) is 13.8 Å². The summed E-state index contributed by atoms with van der Waals surface area (Å²) < 4.78 is 7.17. The number of para-hydroxylation sites is 5. The molecule has 0 saturated carbocycles. The lowest BCUT2D eigenvalue weighted by molar-refractivity contribution is 1.18. The Morgan fingerprint density at radius 1 is 0.220 bits per heavy atom. The Morgan fingerprint density at radius 3 is 0.763 bits per heavy atom. The van der Waals surface area contributed by atoms with Crippen molar-refractivity contribution in [3.8, 4) is 39.3 Å². The zero-order valence-electron chi connectivity index (χ0n) is 33.0. The molecule has 280 valence electrons. The Bertz CT molecular complexity index is 3280. The van der Waals surface area contributed by atoms with Gasteiger partial charge >= 0.3 is 0 Å². The molecule has 0 saturated heterocycles. The highest BCUT2D eigenvalue weighted by Crippen LogP contribution is 2.41. The molecular formula is C56H41N3. The zero-order chi connectivity index (χ0) is 39.5. The molecule has 0 spiro atoms. The van der Waals surface area contributed by atoms with Gasteiger partial charge in [-0.2, -0.15) is 0 Å². The van der Waals surface area contributed by atoms with Crippen molar-refractivity contribution in [2.24, 2.45) is 0 Å². The van der Waals surface area contributed by atoms with Crippen molar-refractivity contribution in [2.75, 3.05) is 0 Å². The molecule has 3 nitrogen and oxygen atoms in total. The molecule has 0 fully saturated rings. The second-order valence-electron chi connectivity index (χ2n) is 15.0. The molecule has 0 unspecified atom stereocenters. The Balaban J connectivity index is 0.00000196. The second-order valence-corrected chi connectivity index (χ2v) is 15.0. The molecule has 3 aromatic heterocycles. The molecule has 0 aliphatic heterocycles. The van der Waals surface area contributed by atoms with Crippen molar-refractivity contribution >= 4 is 65.4 Å². The van der Waals surface area contributed by atoms with E-state index in [4.69, 9.17) is 0 Å². The molecule has 59 heavy (non-hydrogen) atoms. The summed E-state index contributed by atoms with van der Waals surface area (Å²) in [5, 5.41) is 7.50. The first kappa shape index (κ1) is 34.6. The Labute approximate surface area is 343 Å². The van der Waals surface area contributed by atoms with Crippen LogP contribution in [-0.2, 0) is 0 Å². The quantitative estimate of drug-likeness (QED) is 0.166. The van der Waals surface area contributed by atoms with Gasteiger partial charge in [0, 0.05) is 49.4 Å². The monoisotopic (exact) mass is 755 g/mol. The first-order valence-corrected chi connectivity index (χ1v) is 20.6. The lowest BCUT2D eigenvalue weighted by atomic mass is 9.98. The van der Waals surface area contributed by atoms with Crippen LogP contribution in [0.2, 0.25) is 0 Å². The summed E-state index contributed by atoms with van der Waals surface area (Å²) in [5.41, 5.74) is 15.6. The maximum absolute atomic E-state index is 2.41. The van der Waals surface area contributed by atoms with E-state index < -0.39 is 0 Å². The fourth-order valence-electron chi connectivity index (χ4n) is 9.25. The number of aromatic nitrogens is 3. The van der Waals surface area contributed by atoms with Crippen LogP contribution in [0.4, 0.5) is 0 Å². The third-order valence-electron chi connectivity index (χ3n) is 11.8. The van der Waals surface area contributed by atoms with Gasteiger partial charge in [-0.3, -0.25) is 0 Å². The minimum absolute atomic E-state index is 1.16. The summed E-state index contributed by atoms with van der Waals surface area (Å²) >= 11 is 0. The van der Waals surface area contributed by atoms with E-state index in [9.17, 15) is 0 Å². The molecule has 0 atom stereocenters. The number of fused-ring (bicyclic) bond motifs is 9. The molecule has 0 N–H and O–H groups in total. The predicted octanol–water partition coefficient (Wildman–Crippen LogP) is 15.3. The third-order valence-corrected chi connectivity index (χ3v) is 11.8. The number of hydrogen-bond donors (Lipinski definition) is 0. The van der Waals surface area contributed by atoms with E-state index in [2.05, 4.69) is 226 Å². The first-order chi connectivity index (χ1) is 29.3. The van der Waals surface area contributed by atoms with Crippen LogP contribution < -0.4 is 0 Å². The molecule has 0 aliphatic rings. The lowest BCUT2D eigenvalue weighted by Gasteiger charge is -2.09. The summed E-state index contributed by atoms with van der Waals surface area (Å²) in [6.45, 7) is 4.00. The molecule has 12 rings (SSSR count). The van der Waals surface area contributed by atoms with Crippen LogP contribution in [-0.4, -0.2) is 13.7 Å². The van der Waals surface area contributed by atoms with Crippen LogP contribution in [0.25, 0.3) is 105 Å². The van der Waals surface area contributed by atoms with E-state index in [1.807, 2.05) is 13.8 Å². The molecule has 3 heteroatoms. The molecule has 0 amide bonds. The van der Waals surface area contributed by atoms with E-state index in [-0.39, 0.29) is 0 Å². The normalized spacial score (nSPS) is 11.6. The van der Waals surface area contributed by atoms with Crippen LogP contribution >= 0.6 is 0 Å². The topological polar surface area (TPSA) is 14.8 Å². The average Bonchev–Trinajstić information content (AvgIpc) is 3.95. The van der Waals surface area contributed by atoms with E-state index in [0.29, 0.717) is 0 Å². The number of rotatable bonds is 5. The van der Waals surface area contributed by atoms with Crippen molar-refractivity contribution in [1.82, 2.24) is 13.7 Å². The van der Waals surface area contributed by atoms with Crippen molar-refractivity contribution in [2.45, 2.75) is 13.8 Å². The molecular weight excluding hydrogens is 715 g/mol. The van der Waals surface area contributed by atoms with Gasteiger partial charge < -0.3 is 13.7 Å². The second kappa shape index (κ2) is 14.1. The summed E-state index contributed by atoms with van der Waals surface area (Å²) in [7, 11) is 0. The minimum atomic E-state index is 1.16. The van der Waals surface area contributed by atoms with E-state index in [0.717, 1.165) is 5.69 Å². The Kier molecular flexibility index (Phi) is 8.27. The van der Waals surface area contributed by atoms with Crippen LogP contribution in [0.3, 0.4) is 0 Å². The predicted molar refractivity (Wildman–Crippen MR) is 252 cm³/mol. The maximum Gasteiger partial charge on any atom is 0.0541 e. The van der Waals surface area contributed by atoms with Gasteiger partial charge in [0.05, 0.1) is 33.1 Å². The van der Waals surface area contributed by atoms with Crippen molar-refractivity contribution < 1.29 is 0 Å². The van der Waals surface area contributed by atoms with Gasteiger partial charge in [0.25, 0.3) is 0 Å². The van der Waals surface area contributed by atoms with Gasteiger partial charge in [0.15, 0.2) is 0 Å². The molecule has 9 aromatic carbocycles. The fraction of sp³-hybridized carbons (Fsp3) is 0.0357. The maximum atomic E-state index is 2.41. The highest BCUT2D eigenvalue weighted by atomic mass is 15.0. The van der Waals surface area contributed by atoms with Crippen molar-refractivity contribution in [3.05, 3.63) is 212 Å². The van der Waals surface area contributed by atoms with Gasteiger partial charge in [-0.05, 0) is 119 Å². The molecule has 0 radical (unpaired) electrons. The minimum Gasteiger partial charge on any atom is -0.309 e. The standard InChI is InChI=1S/C54H35N3.C2H6/c1-4-14-40(15-5-1)55-49-22-12-10-20-43(49)45-32-36(24-28-51(45)55)38-26-30-53-47(34-38)48-35-39(27-31-54(48)57(53)42-18-8-3-9-19-42)37-25-29-52-46(33-37)44-21-11-13-23-50(44)56(52)41-16-6-2-7-17-41;1-2/h1-35H;1-2H3. The van der Waals surface area contributed by atoms with E-state index in [1.165, 1.54) is 99.0 Å². The highest BCUT2D eigenvalue weighted by Gasteiger charge is 2.18. The average molecular weight is 756 g/mol. The summed E-state index contributed by atoms with van der Waals surface area (Å²) in [4.78, 5) is 0. The molecule has 0 bridgehead atoms. The first-order valence-electron chi connectivity index (χ1n) is 20.6.